The Morgan fingerprint density at radius 2 is 1.50 bits per heavy atom. The first kappa shape index (κ1) is 19.3. The van der Waals surface area contributed by atoms with Crippen LogP contribution in [0, 0.1) is 0 Å². The lowest BCUT2D eigenvalue weighted by molar-refractivity contribution is -0.136. The van der Waals surface area contributed by atoms with Crippen LogP contribution in [-0.2, 0) is 4.79 Å². The van der Waals surface area contributed by atoms with Crippen LogP contribution >= 0.6 is 12.4 Å². The van der Waals surface area contributed by atoms with E-state index in [0.29, 0.717) is 0 Å². The van der Waals surface area contributed by atoms with Gasteiger partial charge in [0.2, 0.25) is 0 Å². The van der Waals surface area contributed by atoms with Crippen molar-refractivity contribution in [1.82, 2.24) is 6.15 Å². The topological polar surface area (TPSA) is 153 Å². The number of hydrogen-bond donors (Lipinski definition) is 6. The van der Waals surface area contributed by atoms with Gasteiger partial charge in [-0.25, -0.2) is 0 Å². The Bertz CT molecular complexity index is 148. The predicted octanol–water partition coefficient (Wildman–Crippen LogP) is -2.80. The predicted molar refractivity (Wildman–Crippen MR) is 49.4 cm³/mol. The molecule has 0 aliphatic rings. The van der Waals surface area contributed by atoms with Crippen molar-refractivity contribution in [3.63, 3.8) is 0 Å². The van der Waals surface area contributed by atoms with Crippen LogP contribution in [0.4, 0.5) is 0 Å². The zero-order valence-corrected chi connectivity index (χ0v) is 8.17. The molecule has 0 bridgehead atoms. The zero-order valence-electron chi connectivity index (χ0n) is 7.35. The van der Waals surface area contributed by atoms with E-state index in [9.17, 15) is 4.79 Å². The quantitative estimate of drug-likeness (QED) is 0.281. The summed E-state index contributed by atoms with van der Waals surface area (Å²) >= 11 is 0. The molecular formula is C6H16ClNO6. The Hall–Kier alpha value is -0.280. The molecule has 0 spiro atoms. The fraction of sp³-hybridized carbons (Fsp3) is 0.833. The molecule has 8 heteroatoms. The van der Waals surface area contributed by atoms with Crippen molar-refractivity contribution in [2.75, 3.05) is 6.61 Å². The van der Waals surface area contributed by atoms with Crippen molar-refractivity contribution < 1.29 is 30.3 Å². The van der Waals surface area contributed by atoms with E-state index in [0.717, 1.165) is 0 Å². The Balaban J connectivity index is -0.000000605. The second kappa shape index (κ2) is 9.28. The third kappa shape index (κ3) is 5.45. The SMILES string of the molecule is Cl.N.O=CC(O)C(O)C(O)C(O)CO. The number of hydrogen-bond acceptors (Lipinski definition) is 7. The van der Waals surface area contributed by atoms with Crippen molar-refractivity contribution in [3.8, 4) is 0 Å². The van der Waals surface area contributed by atoms with Gasteiger partial charge in [0.15, 0.2) is 6.29 Å². The number of halogens is 1. The average molecular weight is 234 g/mol. The highest BCUT2D eigenvalue weighted by Crippen LogP contribution is 2.02. The first-order valence-corrected chi connectivity index (χ1v) is 3.33. The van der Waals surface area contributed by atoms with E-state index in [-0.39, 0.29) is 24.8 Å². The lowest BCUT2D eigenvalue weighted by atomic mass is 10.0. The van der Waals surface area contributed by atoms with Gasteiger partial charge in [-0.1, -0.05) is 0 Å². The van der Waals surface area contributed by atoms with Crippen molar-refractivity contribution in [2.24, 2.45) is 0 Å². The monoisotopic (exact) mass is 233 g/mol. The summed E-state index contributed by atoms with van der Waals surface area (Å²) in [5.74, 6) is 0. The molecule has 0 amide bonds. The molecule has 0 fully saturated rings. The van der Waals surface area contributed by atoms with E-state index in [1.165, 1.54) is 0 Å². The third-order valence-corrected chi connectivity index (χ3v) is 1.42. The van der Waals surface area contributed by atoms with Crippen molar-refractivity contribution in [2.45, 2.75) is 24.4 Å². The Morgan fingerprint density at radius 3 is 1.79 bits per heavy atom. The number of rotatable bonds is 5. The summed E-state index contributed by atoms with van der Waals surface area (Å²) in [6.07, 6.45) is -6.84. The summed E-state index contributed by atoms with van der Waals surface area (Å²) < 4.78 is 0. The maximum absolute atomic E-state index is 9.90. The molecule has 0 aromatic carbocycles. The second-order valence-electron chi connectivity index (χ2n) is 2.36. The van der Waals surface area contributed by atoms with E-state index < -0.39 is 31.0 Å². The molecule has 0 radical (unpaired) electrons. The molecule has 0 aromatic rings. The second-order valence-corrected chi connectivity index (χ2v) is 2.36. The fourth-order valence-electron chi connectivity index (χ4n) is 0.618. The van der Waals surface area contributed by atoms with Gasteiger partial charge < -0.3 is 36.5 Å². The number of aliphatic hydroxyl groups excluding tert-OH is 5. The van der Waals surface area contributed by atoms with Crippen LogP contribution in [0.2, 0.25) is 0 Å². The highest BCUT2D eigenvalue weighted by atomic mass is 35.5. The molecule has 8 N–H and O–H groups in total. The van der Waals surface area contributed by atoms with Crippen LogP contribution in [0.3, 0.4) is 0 Å². The van der Waals surface area contributed by atoms with Crippen molar-refractivity contribution in [1.29, 1.82) is 0 Å². The minimum atomic E-state index is -1.79. The van der Waals surface area contributed by atoms with Crippen molar-refractivity contribution in [3.05, 3.63) is 0 Å². The van der Waals surface area contributed by atoms with Crippen LogP contribution < -0.4 is 6.15 Å². The minimum absolute atomic E-state index is 0. The lowest BCUT2D eigenvalue weighted by Gasteiger charge is -2.22. The summed E-state index contributed by atoms with van der Waals surface area (Å²) in [5.41, 5.74) is 0. The van der Waals surface area contributed by atoms with Crippen LogP contribution in [0.15, 0.2) is 0 Å². The molecule has 4 atom stereocenters. The summed E-state index contributed by atoms with van der Waals surface area (Å²) in [6.45, 7) is -0.760. The number of carbonyl (C=O) groups excluding carboxylic acids is 1. The van der Waals surface area contributed by atoms with Gasteiger partial charge in [-0.15, -0.1) is 12.4 Å². The van der Waals surface area contributed by atoms with Crippen LogP contribution in [0.1, 0.15) is 0 Å². The molecule has 0 aliphatic heterocycles. The minimum Gasteiger partial charge on any atom is -0.394 e. The fourth-order valence-corrected chi connectivity index (χ4v) is 0.618. The van der Waals surface area contributed by atoms with Gasteiger partial charge in [-0.3, -0.25) is 0 Å². The van der Waals surface area contributed by atoms with Crippen LogP contribution in [0.25, 0.3) is 0 Å². The molecule has 7 nitrogen and oxygen atoms in total. The van der Waals surface area contributed by atoms with E-state index in [1.807, 2.05) is 0 Å². The maximum atomic E-state index is 9.90. The Morgan fingerprint density at radius 1 is 1.07 bits per heavy atom. The summed E-state index contributed by atoms with van der Waals surface area (Å²) in [5, 5.41) is 43.5. The maximum Gasteiger partial charge on any atom is 0.151 e. The standard InChI is InChI=1S/C6H12O6.ClH.H3N/c7-1-3(9)5(11)6(12)4(10)2-8;;/h1,3-6,8-12H,2H2;1H;1H3. The number of aldehydes is 1. The zero-order chi connectivity index (χ0) is 9.72. The first-order valence-electron chi connectivity index (χ1n) is 3.33. The highest BCUT2D eigenvalue weighted by molar-refractivity contribution is 5.85. The van der Waals surface area contributed by atoms with Gasteiger partial charge in [0.1, 0.15) is 24.4 Å². The van der Waals surface area contributed by atoms with E-state index >= 15 is 0 Å². The molecule has 0 saturated heterocycles. The summed E-state index contributed by atoms with van der Waals surface area (Å²) in [4.78, 5) is 9.90. The molecule has 14 heavy (non-hydrogen) atoms. The van der Waals surface area contributed by atoms with Gasteiger partial charge in [0.05, 0.1) is 6.61 Å². The summed E-state index contributed by atoms with van der Waals surface area (Å²) in [7, 11) is 0. The molecular weight excluding hydrogens is 218 g/mol. The first-order chi connectivity index (χ1) is 5.54. The van der Waals surface area contributed by atoms with Crippen LogP contribution in [0.5, 0.6) is 0 Å². The number of aliphatic hydroxyl groups is 5. The van der Waals surface area contributed by atoms with E-state index in [1.54, 1.807) is 0 Å². The molecule has 0 aromatic heterocycles. The Kier molecular flexibility index (Phi) is 12.8. The third-order valence-electron chi connectivity index (χ3n) is 1.42. The smallest absolute Gasteiger partial charge is 0.151 e. The number of carbonyl (C=O) groups is 1. The van der Waals surface area contributed by atoms with Crippen molar-refractivity contribution >= 4 is 18.7 Å². The normalized spacial score (nSPS) is 18.1. The van der Waals surface area contributed by atoms with Gasteiger partial charge in [0, 0.05) is 0 Å². The molecule has 4 unspecified atom stereocenters. The molecule has 0 aliphatic carbocycles. The molecule has 88 valence electrons. The highest BCUT2D eigenvalue weighted by Gasteiger charge is 2.29. The largest absolute Gasteiger partial charge is 0.394 e. The average Bonchev–Trinajstić information content (AvgIpc) is 2.12. The van der Waals surface area contributed by atoms with Crippen LogP contribution in [-0.4, -0.2) is 62.8 Å². The lowest BCUT2D eigenvalue weighted by Crippen LogP contribution is -2.46. The van der Waals surface area contributed by atoms with Gasteiger partial charge in [-0.05, 0) is 0 Å². The van der Waals surface area contributed by atoms with Gasteiger partial charge in [-0.2, -0.15) is 0 Å². The van der Waals surface area contributed by atoms with Gasteiger partial charge >= 0.3 is 0 Å². The van der Waals surface area contributed by atoms with E-state index in [2.05, 4.69) is 0 Å². The van der Waals surface area contributed by atoms with E-state index in [4.69, 9.17) is 25.5 Å². The Labute approximate surface area is 87.0 Å². The molecule has 0 rings (SSSR count). The summed E-state index contributed by atoms with van der Waals surface area (Å²) in [6, 6.07) is 0. The van der Waals surface area contributed by atoms with Gasteiger partial charge in [0.25, 0.3) is 0 Å². The molecule has 0 saturated carbocycles. The molecule has 0 heterocycles.